The van der Waals surface area contributed by atoms with E-state index in [2.05, 4.69) is 26.0 Å². The fraction of sp³-hybridized carbons (Fsp3) is 0.151. The molecule has 17 nitrogen and oxygen atoms in total. The Morgan fingerprint density at radius 1 is 0.863 bits per heavy atom. The van der Waals surface area contributed by atoms with Gasteiger partial charge in [-0.15, -0.1) is 28.2 Å². The molecule has 3 N–H and O–H groups in total. The van der Waals surface area contributed by atoms with Crippen molar-refractivity contribution in [2.75, 3.05) is 24.8 Å². The Morgan fingerprint density at radius 3 is 2.00 bits per heavy atom. The van der Waals surface area contributed by atoms with Gasteiger partial charge in [-0.05, 0) is 44.9 Å². The molecule has 0 spiro atoms. The van der Waals surface area contributed by atoms with Crippen LogP contribution >= 0.6 is 34.9 Å². The van der Waals surface area contributed by atoms with Gasteiger partial charge in [0.05, 0.1) is 6.54 Å². The number of benzene rings is 5. The minimum Gasteiger partial charge on any atom is -0.466 e. The zero-order chi connectivity index (χ0) is 50.7. The number of fused-ring (bicyclic) bond motifs is 1. The van der Waals surface area contributed by atoms with Crippen LogP contribution in [0.3, 0.4) is 0 Å². The van der Waals surface area contributed by atoms with Crippen molar-refractivity contribution >= 4 is 70.0 Å². The monoisotopic (exact) mass is 1030 g/mol. The Bertz CT molecular complexity index is 3180. The quantitative estimate of drug-likeness (QED) is 0.00844. The smallest absolute Gasteiger partial charge is 0.356 e. The Kier molecular flexibility index (Phi) is 15.5. The van der Waals surface area contributed by atoms with E-state index in [-0.39, 0.29) is 47.6 Å². The van der Waals surface area contributed by atoms with E-state index < -0.39 is 52.0 Å². The molecule has 0 saturated carbocycles. The Labute approximate surface area is 430 Å². The van der Waals surface area contributed by atoms with Crippen LogP contribution in [0.4, 0.5) is 5.13 Å². The molecule has 0 radical (unpaired) electrons. The summed E-state index contributed by atoms with van der Waals surface area (Å²) in [4.78, 5) is 90.5. The van der Waals surface area contributed by atoms with Gasteiger partial charge < -0.3 is 24.9 Å². The first kappa shape index (κ1) is 49.6. The maximum atomic E-state index is 14.7. The summed E-state index contributed by atoms with van der Waals surface area (Å²) >= 11 is 3.52. The highest BCUT2D eigenvalue weighted by Crippen LogP contribution is 2.43. The van der Waals surface area contributed by atoms with E-state index in [0.29, 0.717) is 21.8 Å². The van der Waals surface area contributed by atoms with Crippen molar-refractivity contribution in [1.82, 2.24) is 30.0 Å². The summed E-state index contributed by atoms with van der Waals surface area (Å²) in [5.41, 5.74) is 1.79. The van der Waals surface area contributed by atoms with Gasteiger partial charge in [-0.25, -0.2) is 14.9 Å². The molecule has 5 aromatic carbocycles. The molecule has 2 aliphatic rings. The molecule has 7 aromatic rings. The van der Waals surface area contributed by atoms with Gasteiger partial charge in [-0.1, -0.05) is 169 Å². The maximum absolute atomic E-state index is 14.7. The van der Waals surface area contributed by atoms with Crippen molar-refractivity contribution in [2.24, 2.45) is 5.16 Å². The third kappa shape index (κ3) is 10.5. The largest absolute Gasteiger partial charge is 0.466 e. The molecule has 9 rings (SSSR count). The summed E-state index contributed by atoms with van der Waals surface area (Å²) < 4.78 is 12.1. The first-order chi connectivity index (χ1) is 35.7. The third-order valence-electron chi connectivity index (χ3n) is 11.8. The summed E-state index contributed by atoms with van der Waals surface area (Å²) in [5.74, 6) is -1.96. The number of thiazole rings is 1. The van der Waals surface area contributed by atoms with Crippen molar-refractivity contribution < 1.29 is 33.5 Å². The van der Waals surface area contributed by atoms with Crippen LogP contribution < -0.4 is 21.8 Å². The zero-order valence-corrected chi connectivity index (χ0v) is 41.2. The van der Waals surface area contributed by atoms with Crippen LogP contribution in [0.1, 0.15) is 39.6 Å². The maximum Gasteiger partial charge on any atom is 0.356 e. The van der Waals surface area contributed by atoms with Crippen LogP contribution in [0.2, 0.25) is 0 Å². The second-order valence-electron chi connectivity index (χ2n) is 16.2. The van der Waals surface area contributed by atoms with Crippen LogP contribution in [0.25, 0.3) is 0 Å². The highest BCUT2D eigenvalue weighted by molar-refractivity contribution is 8.02. The highest BCUT2D eigenvalue weighted by Gasteiger charge is 2.55. The molecule has 0 aliphatic carbocycles. The normalized spacial score (nSPS) is 15.6. The number of hydrogen-bond acceptors (Lipinski definition) is 16. The van der Waals surface area contributed by atoms with E-state index in [1.54, 1.807) is 16.9 Å². The van der Waals surface area contributed by atoms with Gasteiger partial charge >= 0.3 is 17.1 Å². The van der Waals surface area contributed by atoms with Gasteiger partial charge in [0.25, 0.3) is 18.3 Å². The van der Waals surface area contributed by atoms with Crippen molar-refractivity contribution in [3.8, 4) is 0 Å². The number of oxime groups is 1. The summed E-state index contributed by atoms with van der Waals surface area (Å²) in [6.45, 7) is -0.112. The predicted octanol–water partition coefficient (Wildman–Crippen LogP) is 6.61. The molecular weight excluding hydrogens is 989 g/mol. The minimum absolute atomic E-state index is 0.0566. The van der Waals surface area contributed by atoms with Gasteiger partial charge in [-0.2, -0.15) is 0 Å². The predicted molar refractivity (Wildman–Crippen MR) is 277 cm³/mol. The molecule has 1 saturated heterocycles. The van der Waals surface area contributed by atoms with E-state index in [9.17, 15) is 28.8 Å². The van der Waals surface area contributed by atoms with E-state index in [0.717, 1.165) is 33.0 Å². The van der Waals surface area contributed by atoms with E-state index >= 15 is 0 Å². The lowest BCUT2D eigenvalue weighted by Gasteiger charge is -2.49. The number of hydrogen-bond donors (Lipinski definition) is 3. The van der Waals surface area contributed by atoms with Gasteiger partial charge in [0.15, 0.2) is 22.1 Å². The first-order valence-electron chi connectivity index (χ1n) is 22.6. The summed E-state index contributed by atoms with van der Waals surface area (Å²) in [6, 6.07) is 47.2. The average Bonchev–Trinajstić information content (AvgIpc) is 3.90. The second-order valence-corrected chi connectivity index (χ2v) is 19.0. The Balaban J connectivity index is 1.00. The first-order valence-corrected chi connectivity index (χ1v) is 25.4. The van der Waals surface area contributed by atoms with Crippen LogP contribution in [0, 0.1) is 0 Å². The number of nitrogens with zero attached hydrogens (tertiary/aromatic N) is 5. The highest BCUT2D eigenvalue weighted by atomic mass is 32.2. The molecule has 4 heterocycles. The number of thioether (sulfide) groups is 2. The number of allylic oxidation sites excluding steroid dienone is 1. The lowest BCUT2D eigenvalue weighted by Crippen LogP contribution is -2.71. The molecule has 2 aromatic heterocycles. The van der Waals surface area contributed by atoms with Crippen LogP contribution in [0.15, 0.2) is 200 Å². The van der Waals surface area contributed by atoms with Crippen molar-refractivity contribution in [1.29, 1.82) is 0 Å². The number of ether oxygens (including phenoxy) is 2. The molecule has 1 fully saturated rings. The second kappa shape index (κ2) is 22.8. The molecule has 2 unspecified atom stereocenters. The molecule has 20 heteroatoms. The topological polar surface area (TPSA) is 216 Å². The van der Waals surface area contributed by atoms with E-state index in [1.165, 1.54) is 35.1 Å². The van der Waals surface area contributed by atoms with Gasteiger partial charge in [0.1, 0.15) is 42.1 Å². The van der Waals surface area contributed by atoms with E-state index in [4.69, 9.17) is 19.3 Å². The number of nitrogens with one attached hydrogen (secondary N) is 3. The Morgan fingerprint density at radius 2 is 1.44 bits per heavy atom. The van der Waals surface area contributed by atoms with Gasteiger partial charge in [0, 0.05) is 11.1 Å². The number of carbonyl (C=O) groups is 4. The molecule has 2 amide bonds. The number of amides is 2. The number of β-lactam (4-membered cyclic amide) rings is 1. The average molecular weight is 1030 g/mol. The molecular formula is C53H44N8O9S3. The summed E-state index contributed by atoms with van der Waals surface area (Å²) in [5, 5.41) is 19.8. The Hall–Kier alpha value is -8.33. The lowest BCUT2D eigenvalue weighted by atomic mass is 9.77. The standard InChI is InChI=1S/C53H44N8O9S3/c1-68-59-41(40-32-73-51(54-40)56-53(37-21-11-4-12-22-37,38-23-13-5-14-24-38)39-25-15-6-16-26-39)45(63)55-42-47(65)61-43(50(67)70-44(34-17-7-2-8-18-34)35-19-9-3-10-20-35)36(31-72-49(42)61)27-30-71-52-58-57-46(64)48(66)60(52)28-29-69-33-62/h2-27,30,32-33,42,44,49H,28-29,31H2,1H3,(H,54,56)(H,55,63)(H,57,64). The van der Waals surface area contributed by atoms with Crippen LogP contribution in [0.5, 0.6) is 0 Å². The fourth-order valence-corrected chi connectivity index (χ4v) is 11.3. The zero-order valence-electron chi connectivity index (χ0n) is 38.7. The van der Waals surface area contributed by atoms with Crippen molar-refractivity contribution in [2.45, 2.75) is 34.8 Å². The lowest BCUT2D eigenvalue weighted by molar-refractivity contribution is -0.154. The van der Waals surface area contributed by atoms with Crippen LogP contribution in [-0.4, -0.2) is 85.5 Å². The number of aromatic amines is 1. The number of aromatic nitrogens is 4. The van der Waals surface area contributed by atoms with E-state index in [1.807, 2.05) is 152 Å². The number of carbonyl (C=O) groups excluding carboxylic acids is 4. The van der Waals surface area contributed by atoms with Crippen molar-refractivity contribution in [3.63, 3.8) is 0 Å². The van der Waals surface area contributed by atoms with Crippen LogP contribution in [-0.2, 0) is 45.6 Å². The molecule has 73 heavy (non-hydrogen) atoms. The number of anilines is 1. The number of H-pyrrole nitrogens is 1. The minimum atomic E-state index is -1.10. The summed E-state index contributed by atoms with van der Waals surface area (Å²) in [6.07, 6.45) is 0.728. The molecule has 0 bridgehead atoms. The SMILES string of the molecule is CON=C(C(=O)NC1C(=O)N2C(C(=O)OC(c3ccccc3)c3ccccc3)=C(C=CSc3n[nH]c(=O)c(=O)n3CCOC=O)CSC12)c1csc(NC(c2ccccc2)(c2ccccc2)c2ccccc2)n1. The van der Waals surface area contributed by atoms with Crippen molar-refractivity contribution in [3.05, 3.63) is 234 Å². The molecule has 2 aliphatic heterocycles. The molecule has 368 valence electrons. The molecule has 2 atom stereocenters. The fourth-order valence-electron chi connectivity index (χ4n) is 8.47. The number of rotatable bonds is 20. The van der Waals surface area contributed by atoms with Gasteiger partial charge in [0.2, 0.25) is 0 Å². The van der Waals surface area contributed by atoms with Gasteiger partial charge in [-0.3, -0.25) is 33.4 Å². The number of esters is 1. The summed E-state index contributed by atoms with van der Waals surface area (Å²) in [7, 11) is 1.31. The third-order valence-corrected chi connectivity index (χ3v) is 14.7.